The lowest BCUT2D eigenvalue weighted by Crippen LogP contribution is -2.10. The molecule has 1 aliphatic rings. The number of aliphatic carboxylic acids is 1. The van der Waals surface area contributed by atoms with Crippen LogP contribution in [0.4, 0.5) is 24.8 Å². The van der Waals surface area contributed by atoms with Crippen LogP contribution >= 0.6 is 11.3 Å². The molecule has 200 valence electrons. The van der Waals surface area contributed by atoms with Crippen molar-refractivity contribution in [2.75, 3.05) is 5.32 Å². The summed E-state index contributed by atoms with van der Waals surface area (Å²) >= 11 is 1.47. The van der Waals surface area contributed by atoms with E-state index < -0.39 is 17.8 Å². The number of carboxylic acids is 1. The smallest absolute Gasteiger partial charge is 0.433 e. The fourth-order valence-electron chi connectivity index (χ4n) is 3.87. The molecule has 1 saturated carbocycles. The second-order valence-electron chi connectivity index (χ2n) is 9.09. The van der Waals surface area contributed by atoms with Crippen LogP contribution in [0, 0.1) is 6.92 Å². The molecule has 39 heavy (non-hydrogen) atoms. The molecule has 2 heterocycles. The average Bonchev–Trinajstić information content (AvgIpc) is 3.58. The maximum absolute atomic E-state index is 13.1. The number of thiazole rings is 1. The Labute approximate surface area is 226 Å². The van der Waals surface area contributed by atoms with Gasteiger partial charge in [0.1, 0.15) is 16.8 Å². The van der Waals surface area contributed by atoms with Gasteiger partial charge in [0.25, 0.3) is 0 Å². The van der Waals surface area contributed by atoms with Gasteiger partial charge in [0.15, 0.2) is 0 Å². The molecule has 0 bridgehead atoms. The van der Waals surface area contributed by atoms with Crippen molar-refractivity contribution in [1.82, 2.24) is 15.0 Å². The van der Waals surface area contributed by atoms with Crippen LogP contribution in [-0.2, 0) is 15.7 Å². The number of nitrogens with one attached hydrogen (secondary N) is 1. The molecule has 0 amide bonds. The third-order valence-electron chi connectivity index (χ3n) is 5.82. The number of halogens is 3. The molecule has 1 atom stereocenters. The summed E-state index contributed by atoms with van der Waals surface area (Å²) in [6.45, 7) is 1.89. The van der Waals surface area contributed by atoms with E-state index in [1.165, 1.54) is 17.4 Å². The molecular weight excluding hydrogens is 529 g/mol. The quantitative estimate of drug-likeness (QED) is 0.215. The number of benzene rings is 2. The van der Waals surface area contributed by atoms with Crippen molar-refractivity contribution in [2.24, 2.45) is 0 Å². The fourth-order valence-corrected chi connectivity index (χ4v) is 4.84. The zero-order chi connectivity index (χ0) is 27.6. The molecule has 0 radical (unpaired) electrons. The van der Waals surface area contributed by atoms with Gasteiger partial charge in [0, 0.05) is 24.2 Å². The zero-order valence-corrected chi connectivity index (χ0v) is 21.5. The molecule has 1 aliphatic carbocycles. The second-order valence-corrected chi connectivity index (χ2v) is 10.2. The summed E-state index contributed by atoms with van der Waals surface area (Å²) in [4.78, 5) is 23.8. The highest BCUT2D eigenvalue weighted by molar-refractivity contribution is 7.15. The van der Waals surface area contributed by atoms with Crippen molar-refractivity contribution in [1.29, 1.82) is 0 Å². The Hall–Kier alpha value is -4.09. The molecule has 1 unspecified atom stereocenters. The van der Waals surface area contributed by atoms with Crippen molar-refractivity contribution in [3.05, 3.63) is 94.4 Å². The second kappa shape index (κ2) is 11.0. The van der Waals surface area contributed by atoms with E-state index in [0.29, 0.717) is 5.69 Å². The topological polar surface area (TPSA) is 97.2 Å². The number of carboxylic acid groups (broad SMARTS) is 1. The SMILES string of the molecule is Cc1cc(Nc2nccc(C(F)(F)F)n2)cc(-c2cnc(C(OC3CC3)c3ccc(C=CC(=O)O)cc3)s2)c1. The lowest BCUT2D eigenvalue weighted by Gasteiger charge is -2.16. The summed E-state index contributed by atoms with van der Waals surface area (Å²) in [5, 5.41) is 12.5. The maximum atomic E-state index is 13.1. The van der Waals surface area contributed by atoms with Crippen LogP contribution in [0.25, 0.3) is 16.5 Å². The van der Waals surface area contributed by atoms with Gasteiger partial charge < -0.3 is 15.2 Å². The molecule has 0 spiro atoms. The number of aryl methyl sites for hydroxylation is 1. The standard InChI is InChI=1S/C28H23F3N4O3S/c1-16-12-19(14-20(13-16)34-27-32-11-10-23(35-27)28(29,30)31)22-15-33-26(39-22)25(38-21-7-8-21)18-5-2-17(3-6-18)4-9-24(36)37/h2-6,9-15,21,25H,7-8H2,1H3,(H,36,37)(H,32,34,35). The van der Waals surface area contributed by atoms with Gasteiger partial charge in [-0.25, -0.2) is 19.7 Å². The van der Waals surface area contributed by atoms with E-state index in [-0.39, 0.29) is 18.2 Å². The number of alkyl halides is 3. The number of hydrogen-bond donors (Lipinski definition) is 2. The van der Waals surface area contributed by atoms with Crippen LogP contribution in [0.2, 0.25) is 0 Å². The van der Waals surface area contributed by atoms with Gasteiger partial charge >= 0.3 is 12.1 Å². The number of rotatable bonds is 9. The van der Waals surface area contributed by atoms with Crippen molar-refractivity contribution in [2.45, 2.75) is 38.1 Å². The zero-order valence-electron chi connectivity index (χ0n) is 20.6. The summed E-state index contributed by atoms with van der Waals surface area (Å²) in [6.07, 6.45) is 2.63. The van der Waals surface area contributed by atoms with E-state index in [9.17, 15) is 18.0 Å². The monoisotopic (exact) mass is 552 g/mol. The molecule has 5 rings (SSSR count). The molecule has 2 aromatic carbocycles. The first-order chi connectivity index (χ1) is 18.6. The summed E-state index contributed by atoms with van der Waals surface area (Å²) in [5.74, 6) is -1.16. The number of aromatic nitrogens is 3. The fraction of sp³-hybridized carbons (Fsp3) is 0.214. The molecule has 2 aromatic heterocycles. The van der Waals surface area contributed by atoms with Gasteiger partial charge in [0.05, 0.1) is 11.0 Å². The Morgan fingerprint density at radius 1 is 1.15 bits per heavy atom. The largest absolute Gasteiger partial charge is 0.478 e. The number of carbonyl (C=O) groups is 1. The highest BCUT2D eigenvalue weighted by Gasteiger charge is 2.33. The predicted octanol–water partition coefficient (Wildman–Crippen LogP) is 7.04. The Balaban J connectivity index is 1.40. The van der Waals surface area contributed by atoms with Crippen LogP contribution in [0.1, 0.15) is 46.3 Å². The average molecular weight is 553 g/mol. The Morgan fingerprint density at radius 2 is 1.92 bits per heavy atom. The Bertz CT molecular complexity index is 1520. The summed E-state index contributed by atoms with van der Waals surface area (Å²) < 4.78 is 45.5. The van der Waals surface area contributed by atoms with Crippen LogP contribution in [0.5, 0.6) is 0 Å². The van der Waals surface area contributed by atoms with Crippen LogP contribution in [0.3, 0.4) is 0 Å². The van der Waals surface area contributed by atoms with Gasteiger partial charge in [-0.2, -0.15) is 13.2 Å². The van der Waals surface area contributed by atoms with E-state index in [4.69, 9.17) is 9.84 Å². The molecule has 1 fully saturated rings. The van der Waals surface area contributed by atoms with Gasteiger partial charge in [-0.3, -0.25) is 0 Å². The van der Waals surface area contributed by atoms with Crippen molar-refractivity contribution in [3.63, 3.8) is 0 Å². The highest BCUT2D eigenvalue weighted by Crippen LogP contribution is 2.39. The van der Waals surface area contributed by atoms with E-state index in [2.05, 4.69) is 20.3 Å². The molecular formula is C28H23F3N4O3S. The first kappa shape index (κ1) is 26.5. The summed E-state index contributed by atoms with van der Waals surface area (Å²) in [5.41, 5.74) is 2.93. The first-order valence-corrected chi connectivity index (χ1v) is 12.9. The summed E-state index contributed by atoms with van der Waals surface area (Å²) in [7, 11) is 0. The number of nitrogens with zero attached hydrogens (tertiary/aromatic N) is 3. The van der Waals surface area contributed by atoms with Crippen molar-refractivity contribution in [3.8, 4) is 10.4 Å². The highest BCUT2D eigenvalue weighted by atomic mass is 32.1. The molecule has 0 aliphatic heterocycles. The molecule has 0 saturated heterocycles. The van der Waals surface area contributed by atoms with Gasteiger partial charge in [-0.15, -0.1) is 11.3 Å². The first-order valence-electron chi connectivity index (χ1n) is 12.1. The van der Waals surface area contributed by atoms with Crippen LogP contribution in [-0.4, -0.2) is 32.1 Å². The lowest BCUT2D eigenvalue weighted by molar-refractivity contribution is -0.141. The predicted molar refractivity (Wildman–Crippen MR) is 142 cm³/mol. The minimum absolute atomic E-state index is 0.147. The van der Waals surface area contributed by atoms with Gasteiger partial charge in [-0.1, -0.05) is 30.3 Å². The Morgan fingerprint density at radius 3 is 2.62 bits per heavy atom. The van der Waals surface area contributed by atoms with E-state index in [0.717, 1.165) is 63.3 Å². The minimum Gasteiger partial charge on any atom is -0.478 e. The third-order valence-corrected chi connectivity index (χ3v) is 6.91. The van der Waals surface area contributed by atoms with E-state index >= 15 is 0 Å². The van der Waals surface area contributed by atoms with Crippen molar-refractivity contribution >= 4 is 35.0 Å². The number of ether oxygens (including phenoxy) is 1. The molecule has 11 heteroatoms. The summed E-state index contributed by atoms with van der Waals surface area (Å²) in [6, 6.07) is 13.9. The minimum atomic E-state index is -4.56. The normalized spacial score (nSPS) is 14.5. The van der Waals surface area contributed by atoms with Gasteiger partial charge in [-0.05, 0) is 66.3 Å². The van der Waals surface area contributed by atoms with Gasteiger partial charge in [0.2, 0.25) is 5.95 Å². The number of hydrogen-bond acceptors (Lipinski definition) is 7. The third kappa shape index (κ3) is 6.87. The van der Waals surface area contributed by atoms with E-state index in [1.54, 1.807) is 12.3 Å². The molecule has 7 nitrogen and oxygen atoms in total. The molecule has 2 N–H and O–H groups in total. The van der Waals surface area contributed by atoms with Crippen LogP contribution in [0.15, 0.2) is 67.0 Å². The Kier molecular flexibility index (Phi) is 7.45. The number of anilines is 2. The van der Waals surface area contributed by atoms with Crippen molar-refractivity contribution < 1.29 is 27.8 Å². The maximum Gasteiger partial charge on any atom is 0.433 e. The van der Waals surface area contributed by atoms with Crippen LogP contribution < -0.4 is 5.32 Å². The van der Waals surface area contributed by atoms with E-state index in [1.807, 2.05) is 43.3 Å². The lowest BCUT2D eigenvalue weighted by atomic mass is 10.1. The molecule has 4 aromatic rings.